The summed E-state index contributed by atoms with van der Waals surface area (Å²) in [6.07, 6.45) is 4.66. The Kier molecular flexibility index (Phi) is 8.01. The first-order valence-corrected chi connectivity index (χ1v) is 11.6. The second-order valence-electron chi connectivity index (χ2n) is 7.78. The second-order valence-corrected chi connectivity index (χ2v) is 8.16. The summed E-state index contributed by atoms with van der Waals surface area (Å²) in [5.41, 5.74) is 5.38. The van der Waals surface area contributed by atoms with E-state index < -0.39 is 0 Å². The Morgan fingerprint density at radius 1 is 0.889 bits per heavy atom. The number of pyridine rings is 1. The van der Waals surface area contributed by atoms with Crippen molar-refractivity contribution in [3.05, 3.63) is 124 Å². The summed E-state index contributed by atoms with van der Waals surface area (Å²) in [6, 6.07) is 28.1. The van der Waals surface area contributed by atoms with Gasteiger partial charge in [0.25, 0.3) is 0 Å². The number of rotatable bonds is 6. The molecule has 0 fully saturated rings. The van der Waals surface area contributed by atoms with E-state index in [-0.39, 0.29) is 5.78 Å². The van der Waals surface area contributed by atoms with Gasteiger partial charge in [0.2, 0.25) is 0 Å². The molecule has 0 aliphatic heterocycles. The first-order chi connectivity index (χ1) is 17.6. The number of benzene rings is 3. The summed E-state index contributed by atoms with van der Waals surface area (Å²) in [7, 11) is 1.84. The minimum atomic E-state index is -0.00928. The topological polar surface area (TPSA) is 87.7 Å². The predicted molar refractivity (Wildman–Crippen MR) is 146 cm³/mol. The standard InChI is InChI=1S/C23H19N3O.C6H4ClNO/c1-24-19-9-5-8-17(14-19)23(27)18-11-12-20-21(25-26-22(20)15-18)13-10-16-6-3-2-4-7-16;7-6-3-1-2-5(4-9)8-6/h2-15,24H,1H3,(H,25,26);1-4H/b13-10+;. The Bertz CT molecular complexity index is 1530. The monoisotopic (exact) mass is 494 g/mol. The lowest BCUT2D eigenvalue weighted by Gasteiger charge is -2.04. The first-order valence-electron chi connectivity index (χ1n) is 11.2. The lowest BCUT2D eigenvalue weighted by atomic mass is 10.0. The Morgan fingerprint density at radius 2 is 1.67 bits per heavy atom. The maximum absolute atomic E-state index is 12.8. The first kappa shape index (κ1) is 24.6. The molecule has 0 saturated carbocycles. The van der Waals surface area contributed by atoms with E-state index in [0.717, 1.165) is 27.8 Å². The predicted octanol–water partition coefficient (Wildman–Crippen LogP) is 6.55. The molecule has 36 heavy (non-hydrogen) atoms. The maximum atomic E-state index is 12.8. The molecule has 0 saturated heterocycles. The van der Waals surface area contributed by atoms with Crippen molar-refractivity contribution in [1.29, 1.82) is 0 Å². The van der Waals surface area contributed by atoms with E-state index in [9.17, 15) is 9.59 Å². The highest BCUT2D eigenvalue weighted by Crippen LogP contribution is 2.22. The molecule has 2 heterocycles. The van der Waals surface area contributed by atoms with E-state index in [1.54, 1.807) is 18.2 Å². The van der Waals surface area contributed by atoms with Crippen molar-refractivity contribution in [2.24, 2.45) is 0 Å². The molecule has 3 aromatic carbocycles. The number of hydrogen-bond acceptors (Lipinski definition) is 5. The van der Waals surface area contributed by atoms with Crippen molar-refractivity contribution in [1.82, 2.24) is 15.2 Å². The third kappa shape index (κ3) is 6.11. The van der Waals surface area contributed by atoms with Gasteiger partial charge in [-0.2, -0.15) is 5.10 Å². The van der Waals surface area contributed by atoms with Crippen LogP contribution in [0.15, 0.2) is 91.0 Å². The number of anilines is 1. The smallest absolute Gasteiger partial charge is 0.193 e. The Balaban J connectivity index is 0.000000286. The highest BCUT2D eigenvalue weighted by molar-refractivity contribution is 6.29. The molecule has 0 amide bonds. The molecule has 7 heteroatoms. The van der Waals surface area contributed by atoms with E-state index in [1.165, 1.54) is 0 Å². The maximum Gasteiger partial charge on any atom is 0.193 e. The molecule has 0 atom stereocenters. The highest BCUT2D eigenvalue weighted by Gasteiger charge is 2.12. The summed E-state index contributed by atoms with van der Waals surface area (Å²) in [5, 5.41) is 11.8. The lowest BCUT2D eigenvalue weighted by Crippen LogP contribution is -2.02. The summed E-state index contributed by atoms with van der Waals surface area (Å²) in [5.74, 6) is -0.00928. The van der Waals surface area contributed by atoms with E-state index in [2.05, 4.69) is 20.5 Å². The Labute approximate surface area is 213 Å². The van der Waals surface area contributed by atoms with E-state index in [4.69, 9.17) is 11.6 Å². The van der Waals surface area contributed by atoms with Gasteiger partial charge >= 0.3 is 0 Å². The zero-order valence-electron chi connectivity index (χ0n) is 19.5. The number of aromatic nitrogens is 3. The number of nitrogens with zero attached hydrogens (tertiary/aromatic N) is 2. The van der Waals surface area contributed by atoms with Crippen LogP contribution in [0.2, 0.25) is 5.15 Å². The number of nitrogens with one attached hydrogen (secondary N) is 2. The quantitative estimate of drug-likeness (QED) is 0.159. The molecule has 0 aliphatic carbocycles. The molecule has 0 aliphatic rings. The van der Waals surface area contributed by atoms with Crippen LogP contribution in [0.3, 0.4) is 0 Å². The zero-order valence-corrected chi connectivity index (χ0v) is 20.2. The number of aromatic amines is 1. The fourth-order valence-corrected chi connectivity index (χ4v) is 3.69. The van der Waals surface area contributed by atoms with Gasteiger partial charge in [-0.15, -0.1) is 0 Å². The number of halogens is 1. The summed E-state index contributed by atoms with van der Waals surface area (Å²) < 4.78 is 0. The van der Waals surface area contributed by atoms with Gasteiger partial charge in [-0.25, -0.2) is 4.98 Å². The Hall–Kier alpha value is -4.55. The number of aldehydes is 1. The van der Waals surface area contributed by atoms with Crippen molar-refractivity contribution in [3.63, 3.8) is 0 Å². The number of fused-ring (bicyclic) bond motifs is 1. The second kappa shape index (κ2) is 11.7. The van der Waals surface area contributed by atoms with Gasteiger partial charge in [0.05, 0.1) is 11.2 Å². The third-order valence-corrected chi connectivity index (χ3v) is 5.57. The minimum Gasteiger partial charge on any atom is -0.388 e. The van der Waals surface area contributed by atoms with Gasteiger partial charge < -0.3 is 5.32 Å². The van der Waals surface area contributed by atoms with Crippen LogP contribution in [0, 0.1) is 0 Å². The summed E-state index contributed by atoms with van der Waals surface area (Å²) in [6.45, 7) is 0. The number of ketones is 1. The third-order valence-electron chi connectivity index (χ3n) is 5.36. The molecule has 5 rings (SSSR count). The molecule has 0 unspecified atom stereocenters. The number of H-pyrrole nitrogens is 1. The Morgan fingerprint density at radius 3 is 2.39 bits per heavy atom. The molecular formula is C29H23ClN4O2. The average Bonchev–Trinajstić information content (AvgIpc) is 3.34. The molecule has 2 aromatic heterocycles. The van der Waals surface area contributed by atoms with Crippen LogP contribution in [0.25, 0.3) is 23.1 Å². The van der Waals surface area contributed by atoms with Crippen LogP contribution in [0.1, 0.15) is 37.7 Å². The largest absolute Gasteiger partial charge is 0.388 e. The van der Waals surface area contributed by atoms with Gasteiger partial charge in [0.1, 0.15) is 10.8 Å². The fraction of sp³-hybridized carbons (Fsp3) is 0.0345. The van der Waals surface area contributed by atoms with Crippen LogP contribution in [-0.4, -0.2) is 34.3 Å². The molecular weight excluding hydrogens is 472 g/mol. The van der Waals surface area contributed by atoms with Crippen LogP contribution in [0.4, 0.5) is 5.69 Å². The van der Waals surface area contributed by atoms with Gasteiger partial charge in [-0.1, -0.05) is 72.3 Å². The van der Waals surface area contributed by atoms with E-state index in [0.29, 0.717) is 28.3 Å². The van der Waals surface area contributed by atoms with Crippen LogP contribution in [-0.2, 0) is 0 Å². The molecule has 178 valence electrons. The lowest BCUT2D eigenvalue weighted by molar-refractivity contribution is 0.103. The van der Waals surface area contributed by atoms with Crippen molar-refractivity contribution in [3.8, 4) is 0 Å². The van der Waals surface area contributed by atoms with Gasteiger partial charge in [-0.3, -0.25) is 14.7 Å². The molecule has 0 bridgehead atoms. The van der Waals surface area contributed by atoms with Crippen molar-refractivity contribution in [2.75, 3.05) is 12.4 Å². The fourth-order valence-electron chi connectivity index (χ4n) is 3.52. The number of carbonyl (C=O) groups excluding carboxylic acids is 2. The van der Waals surface area contributed by atoms with Gasteiger partial charge in [0, 0.05) is 29.2 Å². The average molecular weight is 495 g/mol. The van der Waals surface area contributed by atoms with Crippen molar-refractivity contribution < 1.29 is 9.59 Å². The molecule has 2 N–H and O–H groups in total. The SMILES string of the molecule is CNc1cccc(C(=O)c2ccc3c(/C=C/c4ccccc4)n[nH]c3c2)c1.O=Cc1cccc(Cl)n1. The van der Waals surface area contributed by atoms with Gasteiger partial charge in [-0.05, 0) is 48.0 Å². The van der Waals surface area contributed by atoms with E-state index in [1.807, 2.05) is 92.0 Å². The zero-order chi connectivity index (χ0) is 25.3. The number of carbonyl (C=O) groups is 2. The van der Waals surface area contributed by atoms with Crippen LogP contribution in [0.5, 0.6) is 0 Å². The van der Waals surface area contributed by atoms with E-state index >= 15 is 0 Å². The van der Waals surface area contributed by atoms with Crippen molar-refractivity contribution in [2.45, 2.75) is 0 Å². The van der Waals surface area contributed by atoms with Crippen LogP contribution < -0.4 is 5.32 Å². The summed E-state index contributed by atoms with van der Waals surface area (Å²) in [4.78, 5) is 26.5. The summed E-state index contributed by atoms with van der Waals surface area (Å²) >= 11 is 5.45. The molecule has 5 aromatic rings. The van der Waals surface area contributed by atoms with Crippen LogP contribution >= 0.6 is 11.6 Å². The number of hydrogen-bond donors (Lipinski definition) is 2. The molecule has 0 spiro atoms. The minimum absolute atomic E-state index is 0.00928. The van der Waals surface area contributed by atoms with Gasteiger partial charge in [0.15, 0.2) is 12.1 Å². The highest BCUT2D eigenvalue weighted by atomic mass is 35.5. The molecule has 0 radical (unpaired) electrons. The van der Waals surface area contributed by atoms with Crippen molar-refractivity contribution >= 4 is 52.4 Å². The normalized spacial score (nSPS) is 10.6. The molecule has 6 nitrogen and oxygen atoms in total.